The van der Waals surface area contributed by atoms with Gasteiger partial charge < -0.3 is 10.6 Å². The Labute approximate surface area is 104 Å². The first-order chi connectivity index (χ1) is 7.70. The molecule has 0 saturated carbocycles. The van der Waals surface area contributed by atoms with Crippen LogP contribution in [-0.2, 0) is 0 Å². The van der Waals surface area contributed by atoms with E-state index >= 15 is 0 Å². The Hall–Kier alpha value is -0.680. The molecule has 0 atom stereocenters. The zero-order valence-electron chi connectivity index (χ0n) is 9.46. The van der Waals surface area contributed by atoms with Gasteiger partial charge in [-0.15, -0.1) is 0 Å². The summed E-state index contributed by atoms with van der Waals surface area (Å²) in [5.74, 6) is 0.884. The molecule has 1 aliphatic rings. The average molecular weight is 285 g/mol. The van der Waals surface area contributed by atoms with Gasteiger partial charge in [-0.25, -0.2) is 9.97 Å². The first-order valence-corrected chi connectivity index (χ1v) is 6.39. The molecule has 0 aliphatic carbocycles. The molecule has 0 amide bonds. The molecule has 1 aromatic rings. The topological polar surface area (TPSA) is 49.8 Å². The third-order valence-electron chi connectivity index (χ3n) is 3.16. The molecule has 5 heteroatoms. The molecule has 0 spiro atoms. The maximum Gasteiger partial charge on any atom is 0.143 e. The molecule has 88 valence electrons. The number of aromatic nitrogens is 2. The summed E-state index contributed by atoms with van der Waals surface area (Å²) in [6, 6.07) is 0. The number of nitrogens with zero attached hydrogens (tertiary/aromatic N) is 2. The van der Waals surface area contributed by atoms with E-state index in [2.05, 4.69) is 43.5 Å². The van der Waals surface area contributed by atoms with Gasteiger partial charge in [0.2, 0.25) is 0 Å². The lowest BCUT2D eigenvalue weighted by atomic mass is 9.81. The van der Waals surface area contributed by atoms with E-state index in [-0.39, 0.29) is 0 Å². The Balaban J connectivity index is 1.94. The lowest BCUT2D eigenvalue weighted by Crippen LogP contribution is -2.39. The molecule has 0 unspecified atom stereocenters. The zero-order valence-corrected chi connectivity index (χ0v) is 11.0. The van der Waals surface area contributed by atoms with Crippen LogP contribution in [0.15, 0.2) is 17.0 Å². The average Bonchev–Trinajstić information content (AvgIpc) is 2.29. The monoisotopic (exact) mass is 284 g/mol. The van der Waals surface area contributed by atoms with Crippen molar-refractivity contribution < 1.29 is 0 Å². The molecule has 16 heavy (non-hydrogen) atoms. The van der Waals surface area contributed by atoms with Crippen molar-refractivity contribution in [2.45, 2.75) is 19.8 Å². The normalized spacial score (nSPS) is 19.4. The third kappa shape index (κ3) is 2.92. The fourth-order valence-corrected chi connectivity index (χ4v) is 2.31. The molecule has 0 aromatic carbocycles. The first-order valence-electron chi connectivity index (χ1n) is 5.60. The Morgan fingerprint density at radius 1 is 1.50 bits per heavy atom. The minimum Gasteiger partial charge on any atom is -0.368 e. The minimum atomic E-state index is 0.371. The Morgan fingerprint density at radius 2 is 2.25 bits per heavy atom. The lowest BCUT2D eigenvalue weighted by molar-refractivity contribution is 0.247. The molecule has 0 radical (unpaired) electrons. The summed E-state index contributed by atoms with van der Waals surface area (Å²) in [5.41, 5.74) is 0.371. The van der Waals surface area contributed by atoms with Crippen LogP contribution in [0.2, 0.25) is 0 Å². The molecule has 1 saturated heterocycles. The maximum atomic E-state index is 4.21. The van der Waals surface area contributed by atoms with E-state index < -0.39 is 0 Å². The van der Waals surface area contributed by atoms with Gasteiger partial charge in [0.15, 0.2) is 0 Å². The van der Waals surface area contributed by atoms with Gasteiger partial charge in [0.1, 0.15) is 12.1 Å². The molecule has 2 rings (SSSR count). The molecule has 1 fully saturated rings. The largest absolute Gasteiger partial charge is 0.368 e. The molecular formula is C11H17BrN4. The highest BCUT2D eigenvalue weighted by atomic mass is 79.9. The highest BCUT2D eigenvalue weighted by Crippen LogP contribution is 2.28. The summed E-state index contributed by atoms with van der Waals surface area (Å²) < 4.78 is 0.924. The van der Waals surface area contributed by atoms with Gasteiger partial charge in [0.25, 0.3) is 0 Å². The van der Waals surface area contributed by atoms with Crippen LogP contribution in [0.5, 0.6) is 0 Å². The lowest BCUT2D eigenvalue weighted by Gasteiger charge is -2.34. The van der Waals surface area contributed by atoms with E-state index in [1.54, 1.807) is 12.5 Å². The predicted molar refractivity (Wildman–Crippen MR) is 68.4 cm³/mol. The van der Waals surface area contributed by atoms with Crippen molar-refractivity contribution in [2.75, 3.05) is 25.0 Å². The van der Waals surface area contributed by atoms with E-state index in [1.165, 1.54) is 12.8 Å². The summed E-state index contributed by atoms with van der Waals surface area (Å²) >= 11 is 3.44. The molecule has 1 aliphatic heterocycles. The highest BCUT2D eigenvalue weighted by molar-refractivity contribution is 9.10. The number of rotatable bonds is 3. The van der Waals surface area contributed by atoms with Gasteiger partial charge in [0, 0.05) is 12.7 Å². The van der Waals surface area contributed by atoms with Gasteiger partial charge in [-0.3, -0.25) is 0 Å². The van der Waals surface area contributed by atoms with Gasteiger partial charge in [-0.2, -0.15) is 0 Å². The van der Waals surface area contributed by atoms with Crippen molar-refractivity contribution in [2.24, 2.45) is 5.41 Å². The van der Waals surface area contributed by atoms with Gasteiger partial charge >= 0.3 is 0 Å². The Bertz CT molecular complexity index is 350. The summed E-state index contributed by atoms with van der Waals surface area (Å²) in [5, 5.41) is 6.78. The fraction of sp³-hybridized carbons (Fsp3) is 0.636. The standard InChI is InChI=1S/C11H17BrN4/c1-11(2-4-13-5-3-11)7-15-10-9(12)6-14-8-16-10/h6,8,13H,2-5,7H2,1H3,(H,14,15,16). The van der Waals surface area contributed by atoms with Crippen LogP contribution in [0, 0.1) is 5.41 Å². The van der Waals surface area contributed by atoms with Crippen molar-refractivity contribution in [1.29, 1.82) is 0 Å². The Morgan fingerprint density at radius 3 is 2.94 bits per heavy atom. The van der Waals surface area contributed by atoms with Crippen LogP contribution in [0.3, 0.4) is 0 Å². The van der Waals surface area contributed by atoms with E-state index in [0.717, 1.165) is 29.9 Å². The van der Waals surface area contributed by atoms with Crippen LogP contribution in [0.4, 0.5) is 5.82 Å². The fourth-order valence-electron chi connectivity index (χ4n) is 1.95. The Kier molecular flexibility index (Phi) is 3.76. The number of halogens is 1. The van der Waals surface area contributed by atoms with Crippen molar-refractivity contribution in [1.82, 2.24) is 15.3 Å². The molecule has 0 bridgehead atoms. The van der Waals surface area contributed by atoms with E-state index in [4.69, 9.17) is 0 Å². The first kappa shape index (κ1) is 11.8. The SMILES string of the molecule is CC1(CNc2ncncc2Br)CCNCC1. The second-order valence-electron chi connectivity index (χ2n) is 4.63. The van der Waals surface area contributed by atoms with E-state index in [0.29, 0.717) is 5.41 Å². The van der Waals surface area contributed by atoms with E-state index in [1.807, 2.05) is 0 Å². The zero-order chi connectivity index (χ0) is 11.4. The van der Waals surface area contributed by atoms with Crippen LogP contribution in [-0.4, -0.2) is 29.6 Å². The summed E-state index contributed by atoms with van der Waals surface area (Å²) in [6.07, 6.45) is 5.75. The highest BCUT2D eigenvalue weighted by Gasteiger charge is 2.26. The molecule has 2 heterocycles. The summed E-state index contributed by atoms with van der Waals surface area (Å²) in [6.45, 7) is 5.52. The van der Waals surface area contributed by atoms with Crippen molar-refractivity contribution >= 4 is 21.7 Å². The van der Waals surface area contributed by atoms with Crippen molar-refractivity contribution in [3.05, 3.63) is 17.0 Å². The quantitative estimate of drug-likeness (QED) is 0.892. The van der Waals surface area contributed by atoms with Gasteiger partial charge in [0.05, 0.1) is 4.47 Å². The second kappa shape index (κ2) is 5.10. The number of anilines is 1. The smallest absolute Gasteiger partial charge is 0.143 e. The van der Waals surface area contributed by atoms with Gasteiger partial charge in [-0.05, 0) is 47.3 Å². The third-order valence-corrected chi connectivity index (χ3v) is 3.74. The second-order valence-corrected chi connectivity index (χ2v) is 5.49. The summed E-state index contributed by atoms with van der Waals surface area (Å²) in [4.78, 5) is 8.16. The van der Waals surface area contributed by atoms with Crippen LogP contribution >= 0.6 is 15.9 Å². The number of piperidine rings is 1. The molecule has 4 nitrogen and oxygen atoms in total. The van der Waals surface area contributed by atoms with Crippen LogP contribution in [0.25, 0.3) is 0 Å². The number of nitrogens with one attached hydrogen (secondary N) is 2. The predicted octanol–water partition coefficient (Wildman–Crippen LogP) is 2.04. The van der Waals surface area contributed by atoms with Gasteiger partial charge in [-0.1, -0.05) is 6.92 Å². The molecule has 1 aromatic heterocycles. The minimum absolute atomic E-state index is 0.371. The number of hydrogen-bond acceptors (Lipinski definition) is 4. The van der Waals surface area contributed by atoms with E-state index in [9.17, 15) is 0 Å². The van der Waals surface area contributed by atoms with Crippen LogP contribution < -0.4 is 10.6 Å². The van der Waals surface area contributed by atoms with Crippen molar-refractivity contribution in [3.63, 3.8) is 0 Å². The molecular weight excluding hydrogens is 268 g/mol. The van der Waals surface area contributed by atoms with Crippen LogP contribution in [0.1, 0.15) is 19.8 Å². The molecule has 2 N–H and O–H groups in total. The summed E-state index contributed by atoms with van der Waals surface area (Å²) in [7, 11) is 0. The number of hydrogen-bond donors (Lipinski definition) is 2. The maximum absolute atomic E-state index is 4.21. The van der Waals surface area contributed by atoms with Crippen molar-refractivity contribution in [3.8, 4) is 0 Å².